The molecular formula is C11H16O5. The summed E-state index contributed by atoms with van der Waals surface area (Å²) < 4.78 is 0. The van der Waals surface area contributed by atoms with Crippen molar-refractivity contribution in [1.82, 2.24) is 0 Å². The Kier molecular flexibility index (Phi) is 2.73. The van der Waals surface area contributed by atoms with Crippen LogP contribution in [0.1, 0.15) is 20.8 Å². The van der Waals surface area contributed by atoms with Crippen molar-refractivity contribution in [2.45, 2.75) is 32.0 Å². The molecule has 1 rings (SSSR count). The molecule has 1 saturated carbocycles. The van der Waals surface area contributed by atoms with E-state index in [4.69, 9.17) is 5.11 Å². The Balaban J connectivity index is 3.46. The minimum atomic E-state index is -2.11. The quantitative estimate of drug-likeness (QED) is 0.577. The largest absolute Gasteiger partial charge is 0.481 e. The highest BCUT2D eigenvalue weighted by Crippen LogP contribution is 2.48. The van der Waals surface area contributed by atoms with E-state index in [2.05, 4.69) is 6.58 Å². The number of carboxylic acids is 1. The predicted octanol–water partition coefficient (Wildman–Crippen LogP) is -0.0358. The molecule has 16 heavy (non-hydrogen) atoms. The first-order chi connectivity index (χ1) is 7.08. The third-order valence-corrected chi connectivity index (χ3v) is 3.43. The Bertz CT molecular complexity index is 369. The maximum absolute atomic E-state index is 11.7. The zero-order chi connectivity index (χ0) is 12.9. The summed E-state index contributed by atoms with van der Waals surface area (Å²) in [5, 5.41) is 29.4. The van der Waals surface area contributed by atoms with Gasteiger partial charge >= 0.3 is 5.97 Å². The van der Waals surface area contributed by atoms with Gasteiger partial charge in [0, 0.05) is 5.57 Å². The van der Waals surface area contributed by atoms with E-state index in [-0.39, 0.29) is 5.57 Å². The Morgan fingerprint density at radius 1 is 1.44 bits per heavy atom. The topological polar surface area (TPSA) is 94.8 Å². The lowest BCUT2D eigenvalue weighted by atomic mass is 9.73. The second kappa shape index (κ2) is 3.40. The number of carbonyl (C=O) groups excluding carboxylic acids is 1. The fraction of sp³-hybridized carbons (Fsp3) is 0.636. The molecule has 5 heteroatoms. The van der Waals surface area contributed by atoms with Crippen LogP contribution in [0.2, 0.25) is 0 Å². The van der Waals surface area contributed by atoms with Crippen molar-refractivity contribution in [2.75, 3.05) is 0 Å². The van der Waals surface area contributed by atoms with Crippen LogP contribution >= 0.6 is 0 Å². The van der Waals surface area contributed by atoms with Gasteiger partial charge in [0.15, 0.2) is 11.4 Å². The third-order valence-electron chi connectivity index (χ3n) is 3.43. The molecule has 90 valence electrons. The van der Waals surface area contributed by atoms with Crippen LogP contribution < -0.4 is 0 Å². The van der Waals surface area contributed by atoms with Crippen LogP contribution in [0, 0.1) is 11.8 Å². The van der Waals surface area contributed by atoms with Crippen LogP contribution in [0.5, 0.6) is 0 Å². The minimum absolute atomic E-state index is 0.256. The van der Waals surface area contributed by atoms with E-state index < -0.39 is 34.8 Å². The number of aliphatic carboxylic acids is 1. The lowest BCUT2D eigenvalue weighted by Crippen LogP contribution is -2.59. The summed E-state index contributed by atoms with van der Waals surface area (Å²) in [6, 6.07) is 0. The van der Waals surface area contributed by atoms with E-state index in [1.54, 1.807) is 13.8 Å². The fourth-order valence-corrected chi connectivity index (χ4v) is 2.41. The number of carbonyl (C=O) groups is 2. The molecule has 1 fully saturated rings. The lowest BCUT2D eigenvalue weighted by Gasteiger charge is -2.39. The average molecular weight is 228 g/mol. The molecule has 5 nitrogen and oxygen atoms in total. The van der Waals surface area contributed by atoms with Crippen molar-refractivity contribution in [3.8, 4) is 0 Å². The summed E-state index contributed by atoms with van der Waals surface area (Å²) in [6.07, 6.45) is 0. The van der Waals surface area contributed by atoms with Gasteiger partial charge in [-0.3, -0.25) is 9.59 Å². The number of hydrogen-bond acceptors (Lipinski definition) is 4. The van der Waals surface area contributed by atoms with Gasteiger partial charge in [0.2, 0.25) is 0 Å². The number of Topliss-reactive ketones (excluding diaryl/α,β-unsaturated/α-hetero) is 1. The van der Waals surface area contributed by atoms with Crippen molar-refractivity contribution in [2.24, 2.45) is 11.8 Å². The first-order valence-electron chi connectivity index (χ1n) is 4.99. The van der Waals surface area contributed by atoms with Gasteiger partial charge < -0.3 is 15.3 Å². The zero-order valence-electron chi connectivity index (χ0n) is 9.52. The standard InChI is InChI=1S/C11H16O5/c1-5(2)11(16)7(9(13)14)6(3)8(12)10(11,4)15/h5,7,15-16H,3H2,1-2,4H3,(H,13,14)/t7-,10-,11+/m0/s1. The Morgan fingerprint density at radius 2 is 1.88 bits per heavy atom. The van der Waals surface area contributed by atoms with E-state index in [1.807, 2.05) is 0 Å². The summed E-state index contributed by atoms with van der Waals surface area (Å²) in [5.41, 5.74) is -4.39. The molecule has 0 unspecified atom stereocenters. The van der Waals surface area contributed by atoms with Gasteiger partial charge in [-0.2, -0.15) is 0 Å². The van der Waals surface area contributed by atoms with E-state index in [0.717, 1.165) is 6.92 Å². The summed E-state index contributed by atoms with van der Waals surface area (Å²) in [7, 11) is 0. The summed E-state index contributed by atoms with van der Waals surface area (Å²) >= 11 is 0. The highest BCUT2D eigenvalue weighted by molar-refractivity contribution is 6.10. The van der Waals surface area contributed by atoms with Crippen LogP contribution in [0.25, 0.3) is 0 Å². The first-order valence-corrected chi connectivity index (χ1v) is 4.99. The molecule has 0 aliphatic heterocycles. The molecule has 1 aliphatic carbocycles. The lowest BCUT2D eigenvalue weighted by molar-refractivity contribution is -0.184. The van der Waals surface area contributed by atoms with Gasteiger partial charge in [0.25, 0.3) is 0 Å². The summed E-state index contributed by atoms with van der Waals surface area (Å²) in [4.78, 5) is 22.8. The smallest absolute Gasteiger partial charge is 0.314 e. The van der Waals surface area contributed by atoms with Gasteiger partial charge in [-0.15, -0.1) is 0 Å². The zero-order valence-corrected chi connectivity index (χ0v) is 9.52. The van der Waals surface area contributed by atoms with Crippen LogP contribution in [0.15, 0.2) is 12.2 Å². The molecule has 0 spiro atoms. The maximum atomic E-state index is 11.7. The van der Waals surface area contributed by atoms with Gasteiger partial charge in [0.05, 0.1) is 0 Å². The van der Waals surface area contributed by atoms with Crippen molar-refractivity contribution in [3.63, 3.8) is 0 Å². The highest BCUT2D eigenvalue weighted by Gasteiger charge is 2.67. The number of rotatable bonds is 2. The molecule has 0 amide bonds. The number of ketones is 1. The second-order valence-corrected chi connectivity index (χ2v) is 4.68. The maximum Gasteiger partial charge on any atom is 0.314 e. The highest BCUT2D eigenvalue weighted by atomic mass is 16.4. The van der Waals surface area contributed by atoms with Crippen molar-refractivity contribution >= 4 is 11.8 Å². The normalized spacial score (nSPS) is 39.5. The van der Waals surface area contributed by atoms with Gasteiger partial charge in [-0.05, 0) is 12.8 Å². The SMILES string of the molecule is C=C1C(=O)[C@](C)(O)[C@@](O)(C(C)C)[C@@H]1C(=O)O. The van der Waals surface area contributed by atoms with E-state index in [9.17, 15) is 19.8 Å². The van der Waals surface area contributed by atoms with Crippen LogP contribution in [-0.2, 0) is 9.59 Å². The number of aliphatic hydroxyl groups is 2. The molecule has 0 saturated heterocycles. The van der Waals surface area contributed by atoms with Gasteiger partial charge in [0.1, 0.15) is 11.5 Å². The summed E-state index contributed by atoms with van der Waals surface area (Å²) in [5.74, 6) is -4.22. The first kappa shape index (κ1) is 12.9. The molecule has 3 N–H and O–H groups in total. The van der Waals surface area contributed by atoms with E-state index in [1.165, 1.54) is 0 Å². The van der Waals surface area contributed by atoms with Gasteiger partial charge in [-0.25, -0.2) is 0 Å². The second-order valence-electron chi connectivity index (χ2n) is 4.68. The van der Waals surface area contributed by atoms with Crippen LogP contribution in [0.4, 0.5) is 0 Å². The Labute approximate surface area is 93.4 Å². The van der Waals surface area contributed by atoms with Gasteiger partial charge in [-0.1, -0.05) is 20.4 Å². The minimum Gasteiger partial charge on any atom is -0.481 e. The Morgan fingerprint density at radius 3 is 2.12 bits per heavy atom. The predicted molar refractivity (Wildman–Crippen MR) is 55.7 cm³/mol. The van der Waals surface area contributed by atoms with Crippen molar-refractivity contribution in [3.05, 3.63) is 12.2 Å². The molecule has 0 aromatic carbocycles. The monoisotopic (exact) mass is 228 g/mol. The van der Waals surface area contributed by atoms with Crippen molar-refractivity contribution in [1.29, 1.82) is 0 Å². The number of hydrogen-bond donors (Lipinski definition) is 3. The summed E-state index contributed by atoms with van der Waals surface area (Å²) in [6.45, 7) is 7.59. The molecule has 0 aromatic heterocycles. The molecule has 0 bridgehead atoms. The third kappa shape index (κ3) is 1.25. The van der Waals surface area contributed by atoms with E-state index in [0.29, 0.717) is 0 Å². The fourth-order valence-electron chi connectivity index (χ4n) is 2.41. The van der Waals surface area contributed by atoms with Crippen LogP contribution in [0.3, 0.4) is 0 Å². The molecule has 0 heterocycles. The molecule has 0 radical (unpaired) electrons. The molecule has 0 aromatic rings. The average Bonchev–Trinajstić information content (AvgIpc) is 2.26. The van der Waals surface area contributed by atoms with Crippen LogP contribution in [-0.4, -0.2) is 38.3 Å². The Hall–Kier alpha value is -1.20. The molecular weight excluding hydrogens is 212 g/mol. The van der Waals surface area contributed by atoms with Crippen molar-refractivity contribution < 1.29 is 24.9 Å². The molecule has 3 atom stereocenters. The number of carboxylic acid groups (broad SMARTS) is 1. The molecule has 1 aliphatic rings. The van der Waals surface area contributed by atoms with E-state index >= 15 is 0 Å².